The van der Waals surface area contributed by atoms with Crippen molar-refractivity contribution in [3.8, 4) is 0 Å². The van der Waals surface area contributed by atoms with Crippen molar-refractivity contribution in [2.24, 2.45) is 5.92 Å². The molecule has 1 aliphatic rings. The van der Waals surface area contributed by atoms with Crippen LogP contribution < -0.4 is 5.32 Å². The summed E-state index contributed by atoms with van der Waals surface area (Å²) in [4.78, 5) is 0. The molecule has 118 valence electrons. The van der Waals surface area contributed by atoms with Gasteiger partial charge in [0.15, 0.2) is 11.6 Å². The topological polar surface area (TPSA) is 21.3 Å². The van der Waals surface area contributed by atoms with E-state index in [-0.39, 0.29) is 12.1 Å². The summed E-state index contributed by atoms with van der Waals surface area (Å²) in [5.41, 5.74) is 0.449. The van der Waals surface area contributed by atoms with Gasteiger partial charge in [-0.25, -0.2) is 8.78 Å². The summed E-state index contributed by atoms with van der Waals surface area (Å²) < 4.78 is 33.1. The highest BCUT2D eigenvalue weighted by Crippen LogP contribution is 2.29. The first-order valence-corrected chi connectivity index (χ1v) is 7.95. The molecule has 0 aliphatic carbocycles. The molecule has 3 unspecified atom stereocenters. The zero-order valence-electron chi connectivity index (χ0n) is 12.9. The van der Waals surface area contributed by atoms with Gasteiger partial charge in [0.2, 0.25) is 0 Å². The van der Waals surface area contributed by atoms with Crippen LogP contribution in [0.4, 0.5) is 8.78 Å². The van der Waals surface area contributed by atoms with Crippen LogP contribution in [0.2, 0.25) is 0 Å². The van der Waals surface area contributed by atoms with Gasteiger partial charge in [-0.3, -0.25) is 0 Å². The van der Waals surface area contributed by atoms with Gasteiger partial charge in [-0.05, 0) is 43.9 Å². The van der Waals surface area contributed by atoms with Crippen LogP contribution in [0.1, 0.15) is 38.7 Å². The molecule has 0 spiro atoms. The summed E-state index contributed by atoms with van der Waals surface area (Å²) in [7, 11) is 0. The molecular formula is C17H25F2NO. The smallest absolute Gasteiger partial charge is 0.162 e. The number of halogens is 2. The molecule has 1 aliphatic heterocycles. The Labute approximate surface area is 125 Å². The van der Waals surface area contributed by atoms with Crippen LogP contribution in [0.15, 0.2) is 18.2 Å². The van der Waals surface area contributed by atoms with Gasteiger partial charge in [-0.2, -0.15) is 0 Å². The van der Waals surface area contributed by atoms with Crippen LogP contribution in [0.3, 0.4) is 0 Å². The quantitative estimate of drug-likeness (QED) is 0.829. The van der Waals surface area contributed by atoms with Crippen LogP contribution in [0.25, 0.3) is 0 Å². The Kier molecular flexibility index (Phi) is 6.12. The molecule has 21 heavy (non-hydrogen) atoms. The molecule has 1 heterocycles. The molecule has 2 nitrogen and oxygen atoms in total. The van der Waals surface area contributed by atoms with E-state index in [0.29, 0.717) is 17.9 Å². The van der Waals surface area contributed by atoms with Gasteiger partial charge in [0.25, 0.3) is 0 Å². The Hall–Kier alpha value is -1.00. The van der Waals surface area contributed by atoms with Gasteiger partial charge >= 0.3 is 0 Å². The molecule has 0 aromatic heterocycles. The standard InChI is InChI=1S/C17H25F2NO/c1-3-9-20-15(13-8-10-21-16(13)4-2)11-12-6-5-7-14(18)17(12)19/h5-7,13,15-16,20H,3-4,8-11H2,1-2H3. The van der Waals surface area contributed by atoms with E-state index in [4.69, 9.17) is 4.74 Å². The molecule has 0 radical (unpaired) electrons. The Morgan fingerprint density at radius 2 is 2.14 bits per heavy atom. The highest BCUT2D eigenvalue weighted by molar-refractivity contribution is 5.20. The van der Waals surface area contributed by atoms with E-state index in [1.807, 2.05) is 0 Å². The lowest BCUT2D eigenvalue weighted by atomic mass is 9.87. The third-order valence-electron chi connectivity index (χ3n) is 4.31. The third kappa shape index (κ3) is 4.01. The van der Waals surface area contributed by atoms with E-state index in [1.54, 1.807) is 12.1 Å². The molecule has 4 heteroatoms. The highest BCUT2D eigenvalue weighted by atomic mass is 19.2. The minimum Gasteiger partial charge on any atom is -0.378 e. The first-order valence-electron chi connectivity index (χ1n) is 7.95. The first kappa shape index (κ1) is 16.4. The lowest BCUT2D eigenvalue weighted by Gasteiger charge is -2.28. The molecule has 3 atom stereocenters. The molecular weight excluding hydrogens is 272 g/mol. The third-order valence-corrected chi connectivity index (χ3v) is 4.31. The fourth-order valence-corrected chi connectivity index (χ4v) is 3.19. The maximum absolute atomic E-state index is 13.9. The zero-order chi connectivity index (χ0) is 15.2. The van der Waals surface area contributed by atoms with E-state index < -0.39 is 11.6 Å². The van der Waals surface area contributed by atoms with Gasteiger partial charge in [0.1, 0.15) is 0 Å². The van der Waals surface area contributed by atoms with E-state index in [0.717, 1.165) is 32.4 Å². The molecule has 1 fully saturated rings. The maximum atomic E-state index is 13.9. The van der Waals surface area contributed by atoms with Crippen LogP contribution in [-0.4, -0.2) is 25.3 Å². The van der Waals surface area contributed by atoms with Gasteiger partial charge in [-0.1, -0.05) is 26.0 Å². The number of hydrogen-bond donors (Lipinski definition) is 1. The Morgan fingerprint density at radius 1 is 1.33 bits per heavy atom. The van der Waals surface area contributed by atoms with Crippen LogP contribution in [-0.2, 0) is 11.2 Å². The van der Waals surface area contributed by atoms with Crippen molar-refractivity contribution in [2.45, 2.75) is 51.7 Å². The van der Waals surface area contributed by atoms with Crippen molar-refractivity contribution in [1.29, 1.82) is 0 Å². The van der Waals surface area contributed by atoms with E-state index in [1.165, 1.54) is 6.07 Å². The van der Waals surface area contributed by atoms with Crippen LogP contribution >= 0.6 is 0 Å². The molecule has 0 saturated carbocycles. The monoisotopic (exact) mass is 297 g/mol. The predicted octanol–water partition coefficient (Wildman–Crippen LogP) is 3.69. The Bertz CT molecular complexity index is 452. The molecule has 0 amide bonds. The summed E-state index contributed by atoms with van der Waals surface area (Å²) in [5.74, 6) is -1.12. The summed E-state index contributed by atoms with van der Waals surface area (Å²) >= 11 is 0. The largest absolute Gasteiger partial charge is 0.378 e. The van der Waals surface area contributed by atoms with E-state index >= 15 is 0 Å². The summed E-state index contributed by atoms with van der Waals surface area (Å²) in [6, 6.07) is 4.55. The molecule has 1 N–H and O–H groups in total. The number of nitrogens with one attached hydrogen (secondary N) is 1. The maximum Gasteiger partial charge on any atom is 0.162 e. The van der Waals surface area contributed by atoms with Crippen molar-refractivity contribution < 1.29 is 13.5 Å². The van der Waals surface area contributed by atoms with Crippen LogP contribution in [0, 0.1) is 17.6 Å². The lowest BCUT2D eigenvalue weighted by Crippen LogP contribution is -2.42. The fraction of sp³-hybridized carbons (Fsp3) is 0.647. The van der Waals surface area contributed by atoms with Crippen LogP contribution in [0.5, 0.6) is 0 Å². The zero-order valence-corrected chi connectivity index (χ0v) is 12.9. The predicted molar refractivity (Wildman–Crippen MR) is 80.3 cm³/mol. The molecule has 0 bridgehead atoms. The van der Waals surface area contributed by atoms with Crippen molar-refractivity contribution >= 4 is 0 Å². The van der Waals surface area contributed by atoms with Gasteiger partial charge < -0.3 is 10.1 Å². The molecule has 1 saturated heterocycles. The second kappa shape index (κ2) is 7.85. The van der Waals surface area contributed by atoms with E-state index in [9.17, 15) is 8.78 Å². The Morgan fingerprint density at radius 3 is 2.86 bits per heavy atom. The van der Waals surface area contributed by atoms with Gasteiger partial charge in [-0.15, -0.1) is 0 Å². The van der Waals surface area contributed by atoms with Crippen molar-refractivity contribution in [1.82, 2.24) is 5.32 Å². The number of hydrogen-bond acceptors (Lipinski definition) is 2. The van der Waals surface area contributed by atoms with Gasteiger partial charge in [0.05, 0.1) is 6.10 Å². The summed E-state index contributed by atoms with van der Waals surface area (Å²) in [6.07, 6.45) is 3.69. The van der Waals surface area contributed by atoms with E-state index in [2.05, 4.69) is 19.2 Å². The minimum absolute atomic E-state index is 0.133. The highest BCUT2D eigenvalue weighted by Gasteiger charge is 2.33. The second-order valence-corrected chi connectivity index (χ2v) is 5.75. The van der Waals surface area contributed by atoms with Gasteiger partial charge in [0, 0.05) is 18.6 Å². The van der Waals surface area contributed by atoms with Crippen molar-refractivity contribution in [3.05, 3.63) is 35.4 Å². The number of benzene rings is 1. The number of rotatable bonds is 7. The normalized spacial score (nSPS) is 23.4. The fourth-order valence-electron chi connectivity index (χ4n) is 3.19. The number of ether oxygens (including phenoxy) is 1. The first-order chi connectivity index (χ1) is 10.2. The second-order valence-electron chi connectivity index (χ2n) is 5.75. The SMILES string of the molecule is CCCNC(Cc1cccc(F)c1F)C1CCOC1CC. The van der Waals surface area contributed by atoms with Crippen molar-refractivity contribution in [2.75, 3.05) is 13.2 Å². The molecule has 2 rings (SSSR count). The van der Waals surface area contributed by atoms with Crippen molar-refractivity contribution in [3.63, 3.8) is 0 Å². The molecule has 1 aromatic rings. The lowest BCUT2D eigenvalue weighted by molar-refractivity contribution is 0.0773. The minimum atomic E-state index is -0.767. The average molecular weight is 297 g/mol. The summed E-state index contributed by atoms with van der Waals surface area (Å²) in [5, 5.41) is 3.50. The molecule has 1 aromatic carbocycles. The summed E-state index contributed by atoms with van der Waals surface area (Å²) in [6.45, 7) is 5.87. The Balaban J connectivity index is 2.14. The average Bonchev–Trinajstić information content (AvgIpc) is 2.96.